The van der Waals surface area contributed by atoms with Crippen molar-refractivity contribution in [3.63, 3.8) is 0 Å². The summed E-state index contributed by atoms with van der Waals surface area (Å²) in [4.78, 5) is 33.2. The minimum absolute atomic E-state index is 0.0393. The average molecular weight is 276 g/mol. The number of pyridine rings is 1. The van der Waals surface area contributed by atoms with Crippen LogP contribution in [0.3, 0.4) is 0 Å². The molecule has 2 aromatic heterocycles. The molecular formula is C12H12N4O4. The van der Waals surface area contributed by atoms with Gasteiger partial charge in [-0.3, -0.25) is 14.9 Å². The van der Waals surface area contributed by atoms with E-state index < -0.39 is 5.91 Å². The molecule has 2 N–H and O–H groups in total. The van der Waals surface area contributed by atoms with Crippen LogP contribution in [0.25, 0.3) is 0 Å². The summed E-state index contributed by atoms with van der Waals surface area (Å²) >= 11 is 0. The molecule has 20 heavy (non-hydrogen) atoms. The van der Waals surface area contributed by atoms with Gasteiger partial charge < -0.3 is 14.5 Å². The molecule has 1 amide bonds. The molecule has 0 fully saturated rings. The van der Waals surface area contributed by atoms with Gasteiger partial charge in [0.1, 0.15) is 0 Å². The summed E-state index contributed by atoms with van der Waals surface area (Å²) in [6.07, 6.45) is 1.30. The van der Waals surface area contributed by atoms with Crippen molar-refractivity contribution in [2.75, 3.05) is 19.5 Å². The van der Waals surface area contributed by atoms with Crippen LogP contribution in [0.5, 0.6) is 11.8 Å². The molecule has 0 unspecified atom stereocenters. The van der Waals surface area contributed by atoms with Crippen LogP contribution in [0, 0.1) is 0 Å². The van der Waals surface area contributed by atoms with Gasteiger partial charge in [0.25, 0.3) is 5.91 Å². The third-order valence-corrected chi connectivity index (χ3v) is 2.37. The summed E-state index contributed by atoms with van der Waals surface area (Å²) in [6, 6.07) is 4.13. The van der Waals surface area contributed by atoms with Gasteiger partial charge in [-0.05, 0) is 6.07 Å². The van der Waals surface area contributed by atoms with E-state index in [1.807, 2.05) is 0 Å². The minimum atomic E-state index is -0.462. The molecular weight excluding hydrogens is 264 g/mol. The number of nitrogens with one attached hydrogen (secondary N) is 2. The fraction of sp³-hybridized carbons (Fsp3) is 0.167. The molecule has 0 aliphatic rings. The predicted molar refractivity (Wildman–Crippen MR) is 70.2 cm³/mol. The maximum atomic E-state index is 11.9. The van der Waals surface area contributed by atoms with E-state index in [1.165, 1.54) is 38.6 Å². The first-order valence-electron chi connectivity index (χ1n) is 5.59. The zero-order valence-corrected chi connectivity index (χ0v) is 10.8. The van der Waals surface area contributed by atoms with Crippen molar-refractivity contribution in [2.24, 2.45) is 0 Å². The number of aromatic nitrogens is 3. The lowest BCUT2D eigenvalue weighted by Gasteiger charge is -2.07. The van der Waals surface area contributed by atoms with Crippen LogP contribution in [-0.2, 0) is 0 Å². The highest BCUT2D eigenvalue weighted by Gasteiger charge is 2.10. The Morgan fingerprint density at radius 3 is 2.35 bits per heavy atom. The molecule has 0 atom stereocenters. The lowest BCUT2D eigenvalue weighted by molar-refractivity contribution is 0.102. The van der Waals surface area contributed by atoms with E-state index in [9.17, 15) is 9.59 Å². The van der Waals surface area contributed by atoms with E-state index >= 15 is 0 Å². The molecule has 8 nitrogen and oxygen atoms in total. The Labute approximate surface area is 113 Å². The predicted octanol–water partition coefficient (Wildman–Crippen LogP) is 0.434. The van der Waals surface area contributed by atoms with Crippen molar-refractivity contribution in [3.8, 4) is 11.8 Å². The first-order chi connectivity index (χ1) is 9.62. The first-order valence-corrected chi connectivity index (χ1v) is 5.59. The molecule has 0 aliphatic carbocycles. The number of carbonyl (C=O) groups excluding carboxylic acids is 1. The molecule has 8 heteroatoms. The lowest BCUT2D eigenvalue weighted by atomic mass is 10.3. The second-order valence-corrected chi connectivity index (χ2v) is 3.67. The number of anilines is 1. The van der Waals surface area contributed by atoms with Crippen LogP contribution in [0.4, 0.5) is 5.95 Å². The van der Waals surface area contributed by atoms with Crippen molar-refractivity contribution < 1.29 is 14.3 Å². The Balaban J connectivity index is 2.22. The van der Waals surface area contributed by atoms with Crippen molar-refractivity contribution in [1.82, 2.24) is 15.0 Å². The summed E-state index contributed by atoms with van der Waals surface area (Å²) in [5.41, 5.74) is -0.0177. The van der Waals surface area contributed by atoms with Gasteiger partial charge >= 0.3 is 0 Å². The van der Waals surface area contributed by atoms with Crippen LogP contribution in [0.15, 0.2) is 29.2 Å². The normalized spacial score (nSPS) is 9.90. The summed E-state index contributed by atoms with van der Waals surface area (Å²) in [6.45, 7) is 0. The average Bonchev–Trinajstić information content (AvgIpc) is 2.47. The molecule has 104 valence electrons. The van der Waals surface area contributed by atoms with E-state index in [0.29, 0.717) is 0 Å². The van der Waals surface area contributed by atoms with Gasteiger partial charge in [0.05, 0.1) is 25.8 Å². The smallest absolute Gasteiger partial charge is 0.259 e. The van der Waals surface area contributed by atoms with Gasteiger partial charge in [-0.25, -0.2) is 0 Å². The summed E-state index contributed by atoms with van der Waals surface area (Å²) in [5.74, 6) is 0.0937. The second-order valence-electron chi connectivity index (χ2n) is 3.67. The Morgan fingerprint density at radius 2 is 1.85 bits per heavy atom. The molecule has 0 spiro atoms. The van der Waals surface area contributed by atoms with Gasteiger partial charge in [0.2, 0.25) is 23.3 Å². The number of hydrogen-bond donors (Lipinski definition) is 2. The van der Waals surface area contributed by atoms with Gasteiger partial charge in [0.15, 0.2) is 0 Å². The zero-order valence-electron chi connectivity index (χ0n) is 10.8. The Morgan fingerprint density at radius 1 is 1.20 bits per heavy atom. The van der Waals surface area contributed by atoms with Crippen LogP contribution in [-0.4, -0.2) is 35.1 Å². The molecule has 0 aliphatic heterocycles. The Bertz CT molecular complexity index is 641. The monoisotopic (exact) mass is 276 g/mol. The molecule has 2 rings (SSSR count). The van der Waals surface area contributed by atoms with Crippen LogP contribution >= 0.6 is 0 Å². The van der Waals surface area contributed by atoms with Gasteiger partial charge in [0, 0.05) is 12.3 Å². The number of carbonyl (C=O) groups is 1. The van der Waals surface area contributed by atoms with Crippen molar-refractivity contribution in [2.45, 2.75) is 0 Å². The summed E-state index contributed by atoms with van der Waals surface area (Å²) < 4.78 is 9.94. The van der Waals surface area contributed by atoms with E-state index in [0.717, 1.165) is 0 Å². The molecule has 2 aromatic rings. The molecule has 0 aromatic carbocycles. The SMILES string of the molecule is COc1cc(OC)nc(NC(=O)c2ccc(=O)[nH]c2)n1. The zero-order chi connectivity index (χ0) is 14.5. The second kappa shape index (κ2) is 5.83. The molecule has 0 bridgehead atoms. The van der Waals surface area contributed by atoms with E-state index in [4.69, 9.17) is 9.47 Å². The van der Waals surface area contributed by atoms with E-state index in [2.05, 4.69) is 20.3 Å². The molecule has 0 saturated heterocycles. The Hall–Kier alpha value is -2.90. The number of hydrogen-bond acceptors (Lipinski definition) is 6. The highest BCUT2D eigenvalue weighted by atomic mass is 16.5. The van der Waals surface area contributed by atoms with Crippen molar-refractivity contribution >= 4 is 11.9 Å². The van der Waals surface area contributed by atoms with Crippen molar-refractivity contribution in [3.05, 3.63) is 40.3 Å². The van der Waals surface area contributed by atoms with E-state index in [-0.39, 0.29) is 28.8 Å². The van der Waals surface area contributed by atoms with Gasteiger partial charge in [-0.1, -0.05) is 0 Å². The topological polar surface area (TPSA) is 106 Å². The van der Waals surface area contributed by atoms with Gasteiger partial charge in [-0.15, -0.1) is 0 Å². The number of nitrogens with zero attached hydrogens (tertiary/aromatic N) is 2. The van der Waals surface area contributed by atoms with Crippen LogP contribution in [0.2, 0.25) is 0 Å². The maximum Gasteiger partial charge on any atom is 0.259 e. The van der Waals surface area contributed by atoms with Gasteiger partial charge in [-0.2, -0.15) is 9.97 Å². The summed E-state index contributed by atoms with van der Waals surface area (Å²) in [5, 5.41) is 2.48. The number of ether oxygens (including phenoxy) is 2. The fourth-order valence-electron chi connectivity index (χ4n) is 1.39. The third-order valence-electron chi connectivity index (χ3n) is 2.37. The van der Waals surface area contributed by atoms with Crippen molar-refractivity contribution in [1.29, 1.82) is 0 Å². The quantitative estimate of drug-likeness (QED) is 0.839. The lowest BCUT2D eigenvalue weighted by Crippen LogP contribution is -2.16. The minimum Gasteiger partial charge on any atom is -0.481 e. The molecule has 2 heterocycles. The number of methoxy groups -OCH3 is 2. The van der Waals surface area contributed by atoms with Crippen LogP contribution in [0.1, 0.15) is 10.4 Å². The number of rotatable bonds is 4. The maximum absolute atomic E-state index is 11.9. The van der Waals surface area contributed by atoms with Crippen LogP contribution < -0.4 is 20.3 Å². The molecule has 0 saturated carbocycles. The number of amides is 1. The van der Waals surface area contributed by atoms with E-state index in [1.54, 1.807) is 0 Å². The fourth-order valence-corrected chi connectivity index (χ4v) is 1.39. The number of H-pyrrole nitrogens is 1. The highest BCUT2D eigenvalue weighted by molar-refractivity contribution is 6.03. The molecule has 0 radical (unpaired) electrons. The highest BCUT2D eigenvalue weighted by Crippen LogP contribution is 2.17. The standard InChI is InChI=1S/C12H12N4O4/c1-19-9-5-10(20-2)15-12(14-9)16-11(18)7-3-4-8(17)13-6-7/h3-6H,1-2H3,(H,13,17)(H,14,15,16,18). The first kappa shape index (κ1) is 13.5. The third kappa shape index (κ3) is 3.10. The largest absolute Gasteiger partial charge is 0.481 e. The number of aromatic amines is 1. The Kier molecular flexibility index (Phi) is 3.94. The summed E-state index contributed by atoms with van der Waals surface area (Å²) in [7, 11) is 2.88.